The monoisotopic (exact) mass is 343 g/mol. The third-order valence-electron chi connectivity index (χ3n) is 5.31. The molecule has 2 heterocycles. The summed E-state index contributed by atoms with van der Waals surface area (Å²) in [6.07, 6.45) is 0.909. The fourth-order valence-electron chi connectivity index (χ4n) is 4.07. The lowest BCUT2D eigenvalue weighted by Crippen LogP contribution is -2.37. The quantitative estimate of drug-likeness (QED) is 0.709. The van der Waals surface area contributed by atoms with Gasteiger partial charge >= 0.3 is 6.18 Å². The van der Waals surface area contributed by atoms with Gasteiger partial charge in [0.15, 0.2) is 0 Å². The largest absolute Gasteiger partial charge is 0.416 e. The van der Waals surface area contributed by atoms with Gasteiger partial charge in [-0.3, -0.25) is 4.90 Å². The second-order valence-corrected chi connectivity index (χ2v) is 6.93. The SMILES string of the molecule is FC(F)(F)c1cccc(C2=CC3CCC(C2)N3Cc2ccccc2)c1. The van der Waals surface area contributed by atoms with Gasteiger partial charge in [0.25, 0.3) is 0 Å². The number of rotatable bonds is 3. The van der Waals surface area contributed by atoms with Crippen molar-refractivity contribution in [1.29, 1.82) is 0 Å². The van der Waals surface area contributed by atoms with E-state index < -0.39 is 11.7 Å². The zero-order valence-electron chi connectivity index (χ0n) is 13.8. The zero-order valence-corrected chi connectivity index (χ0v) is 13.8. The first-order chi connectivity index (χ1) is 12.0. The molecule has 0 radical (unpaired) electrons. The number of hydrogen-bond acceptors (Lipinski definition) is 1. The lowest BCUT2D eigenvalue weighted by molar-refractivity contribution is -0.137. The average molecular weight is 343 g/mol. The van der Waals surface area contributed by atoms with Gasteiger partial charge in [0.05, 0.1) is 5.56 Å². The molecule has 130 valence electrons. The summed E-state index contributed by atoms with van der Waals surface area (Å²) < 4.78 is 38.9. The highest BCUT2D eigenvalue weighted by molar-refractivity contribution is 5.68. The number of halogens is 3. The average Bonchev–Trinajstić information content (AvgIpc) is 2.83. The highest BCUT2D eigenvalue weighted by Crippen LogP contribution is 2.40. The Morgan fingerprint density at radius 1 is 0.960 bits per heavy atom. The lowest BCUT2D eigenvalue weighted by Gasteiger charge is -2.34. The second kappa shape index (κ2) is 6.34. The molecule has 4 rings (SSSR count). The van der Waals surface area contributed by atoms with Gasteiger partial charge in [0, 0.05) is 18.6 Å². The van der Waals surface area contributed by atoms with Crippen molar-refractivity contribution in [3.8, 4) is 0 Å². The Hall–Kier alpha value is -2.07. The summed E-state index contributed by atoms with van der Waals surface area (Å²) in [7, 11) is 0. The van der Waals surface area contributed by atoms with E-state index in [0.29, 0.717) is 17.6 Å². The van der Waals surface area contributed by atoms with E-state index in [4.69, 9.17) is 0 Å². The first-order valence-corrected chi connectivity index (χ1v) is 8.69. The van der Waals surface area contributed by atoms with Crippen LogP contribution in [0.4, 0.5) is 13.2 Å². The zero-order chi connectivity index (χ0) is 17.4. The topological polar surface area (TPSA) is 3.24 Å². The minimum atomic E-state index is -4.29. The summed E-state index contributed by atoms with van der Waals surface area (Å²) in [5, 5.41) is 0. The van der Waals surface area contributed by atoms with Crippen LogP contribution in [-0.2, 0) is 12.7 Å². The van der Waals surface area contributed by atoms with Gasteiger partial charge in [-0.1, -0.05) is 48.5 Å². The van der Waals surface area contributed by atoms with Crippen molar-refractivity contribution in [2.45, 2.75) is 44.1 Å². The Morgan fingerprint density at radius 2 is 1.76 bits per heavy atom. The van der Waals surface area contributed by atoms with Crippen LogP contribution in [0.25, 0.3) is 5.57 Å². The molecule has 1 nitrogen and oxygen atoms in total. The summed E-state index contributed by atoms with van der Waals surface area (Å²) in [5.74, 6) is 0. The van der Waals surface area contributed by atoms with Gasteiger partial charge in [-0.05, 0) is 48.1 Å². The lowest BCUT2D eigenvalue weighted by atomic mass is 9.93. The van der Waals surface area contributed by atoms with E-state index >= 15 is 0 Å². The van der Waals surface area contributed by atoms with E-state index in [9.17, 15) is 13.2 Å². The van der Waals surface area contributed by atoms with Crippen LogP contribution >= 0.6 is 0 Å². The van der Waals surface area contributed by atoms with Crippen LogP contribution < -0.4 is 0 Å². The molecule has 2 aliphatic rings. The van der Waals surface area contributed by atoms with E-state index in [2.05, 4.69) is 23.1 Å². The third-order valence-corrected chi connectivity index (χ3v) is 5.31. The normalized spacial score (nSPS) is 23.6. The van der Waals surface area contributed by atoms with Crippen molar-refractivity contribution >= 4 is 5.57 Å². The molecular weight excluding hydrogens is 323 g/mol. The number of nitrogens with zero attached hydrogens (tertiary/aromatic N) is 1. The maximum Gasteiger partial charge on any atom is 0.416 e. The number of benzene rings is 2. The smallest absolute Gasteiger partial charge is 0.289 e. The van der Waals surface area contributed by atoms with Crippen LogP contribution in [0.15, 0.2) is 60.7 Å². The molecule has 2 aromatic carbocycles. The summed E-state index contributed by atoms with van der Waals surface area (Å²) in [6.45, 7) is 0.905. The molecule has 2 atom stereocenters. The fourth-order valence-corrected chi connectivity index (χ4v) is 4.07. The minimum Gasteiger partial charge on any atom is -0.289 e. The van der Waals surface area contributed by atoms with E-state index in [1.807, 2.05) is 18.2 Å². The molecule has 2 bridgehead atoms. The third kappa shape index (κ3) is 3.36. The number of fused-ring (bicyclic) bond motifs is 2. The predicted octanol–water partition coefficient (Wildman–Crippen LogP) is 5.53. The van der Waals surface area contributed by atoms with Gasteiger partial charge in [0.1, 0.15) is 0 Å². The van der Waals surface area contributed by atoms with Crippen LogP contribution in [0.1, 0.15) is 36.0 Å². The molecule has 1 fully saturated rings. The van der Waals surface area contributed by atoms with Crippen LogP contribution in [0.3, 0.4) is 0 Å². The summed E-state index contributed by atoms with van der Waals surface area (Å²) in [6, 6.07) is 16.8. The summed E-state index contributed by atoms with van der Waals surface area (Å²) in [5.41, 5.74) is 2.49. The van der Waals surface area contributed by atoms with Crippen LogP contribution in [0.5, 0.6) is 0 Å². The Labute approximate surface area is 145 Å². The number of alkyl halides is 3. The van der Waals surface area contributed by atoms with Gasteiger partial charge < -0.3 is 0 Å². The molecule has 2 aromatic rings. The summed E-state index contributed by atoms with van der Waals surface area (Å²) >= 11 is 0. The van der Waals surface area contributed by atoms with Gasteiger partial charge in [-0.2, -0.15) is 13.2 Å². The highest BCUT2D eigenvalue weighted by atomic mass is 19.4. The van der Waals surface area contributed by atoms with Crippen molar-refractivity contribution in [2.75, 3.05) is 0 Å². The Kier molecular flexibility index (Phi) is 4.16. The molecule has 4 heteroatoms. The maximum atomic E-state index is 13.0. The summed E-state index contributed by atoms with van der Waals surface area (Å²) in [4.78, 5) is 2.49. The second-order valence-electron chi connectivity index (χ2n) is 6.93. The van der Waals surface area contributed by atoms with Crippen molar-refractivity contribution < 1.29 is 13.2 Å². The van der Waals surface area contributed by atoms with Gasteiger partial charge in [0.2, 0.25) is 0 Å². The molecule has 0 N–H and O–H groups in total. The van der Waals surface area contributed by atoms with E-state index in [-0.39, 0.29) is 0 Å². The molecule has 25 heavy (non-hydrogen) atoms. The minimum absolute atomic E-state index is 0.323. The Bertz CT molecular complexity index is 779. The van der Waals surface area contributed by atoms with Crippen molar-refractivity contribution in [3.05, 3.63) is 77.4 Å². The van der Waals surface area contributed by atoms with E-state index in [0.717, 1.165) is 37.4 Å². The maximum absolute atomic E-state index is 13.0. The predicted molar refractivity (Wildman–Crippen MR) is 92.8 cm³/mol. The van der Waals surface area contributed by atoms with Crippen molar-refractivity contribution in [2.24, 2.45) is 0 Å². The number of hydrogen-bond donors (Lipinski definition) is 0. The molecule has 0 aliphatic carbocycles. The van der Waals surface area contributed by atoms with Crippen molar-refractivity contribution in [1.82, 2.24) is 4.90 Å². The molecule has 2 aliphatic heterocycles. The van der Waals surface area contributed by atoms with E-state index in [1.165, 1.54) is 17.7 Å². The Balaban J connectivity index is 1.58. The van der Waals surface area contributed by atoms with Crippen molar-refractivity contribution in [3.63, 3.8) is 0 Å². The highest BCUT2D eigenvalue weighted by Gasteiger charge is 2.37. The first kappa shape index (κ1) is 16.4. The van der Waals surface area contributed by atoms with E-state index in [1.54, 1.807) is 6.07 Å². The van der Waals surface area contributed by atoms with Crippen LogP contribution in [0.2, 0.25) is 0 Å². The molecule has 0 amide bonds. The van der Waals surface area contributed by atoms with Gasteiger partial charge in [-0.15, -0.1) is 0 Å². The molecule has 0 aromatic heterocycles. The molecule has 2 unspecified atom stereocenters. The Morgan fingerprint density at radius 3 is 2.48 bits per heavy atom. The van der Waals surface area contributed by atoms with Crippen LogP contribution in [-0.4, -0.2) is 17.0 Å². The van der Waals surface area contributed by atoms with Crippen LogP contribution in [0, 0.1) is 0 Å². The standard InChI is InChI=1S/C21H20F3N/c22-21(23,24)18-8-4-7-16(11-18)17-12-19-9-10-20(13-17)25(19)14-15-5-2-1-3-6-15/h1-8,11-12,19-20H,9-10,13-14H2. The molecule has 1 saturated heterocycles. The first-order valence-electron chi connectivity index (χ1n) is 8.69. The fraction of sp³-hybridized carbons (Fsp3) is 0.333. The molecular formula is C21H20F3N. The molecule has 0 spiro atoms. The molecule has 0 saturated carbocycles. The van der Waals surface area contributed by atoms with Gasteiger partial charge in [-0.25, -0.2) is 0 Å².